The van der Waals surface area contributed by atoms with Crippen LogP contribution in [-0.2, 0) is 11.3 Å². The molecule has 1 aromatic carbocycles. The first-order valence-electron chi connectivity index (χ1n) is 7.05. The van der Waals surface area contributed by atoms with E-state index in [9.17, 15) is 4.79 Å². The fourth-order valence-electron chi connectivity index (χ4n) is 1.95. The Morgan fingerprint density at radius 2 is 2.10 bits per heavy atom. The van der Waals surface area contributed by atoms with E-state index < -0.39 is 0 Å². The van der Waals surface area contributed by atoms with Crippen LogP contribution < -0.4 is 15.5 Å². The molecule has 1 amide bonds. The number of carbonyl (C=O) groups excluding carboxylic acids is 1. The third-order valence-corrected chi connectivity index (χ3v) is 3.46. The summed E-state index contributed by atoms with van der Waals surface area (Å²) in [6.07, 6.45) is 0.958. The molecule has 20 heavy (non-hydrogen) atoms. The van der Waals surface area contributed by atoms with Gasteiger partial charge in [-0.05, 0) is 36.7 Å². The van der Waals surface area contributed by atoms with Crippen molar-refractivity contribution in [3.05, 3.63) is 28.2 Å². The van der Waals surface area contributed by atoms with E-state index in [1.54, 1.807) is 0 Å². The van der Waals surface area contributed by atoms with Gasteiger partial charge in [0.05, 0.1) is 6.54 Å². The molecule has 0 spiro atoms. The number of halogens is 1. The highest BCUT2D eigenvalue weighted by Gasteiger charge is 2.11. The fraction of sp³-hybridized carbons (Fsp3) is 0.533. The van der Waals surface area contributed by atoms with Crippen molar-refractivity contribution in [3.63, 3.8) is 0 Å². The number of hydrogen-bond donors (Lipinski definition) is 2. The molecule has 0 aliphatic carbocycles. The number of nitrogens with one attached hydrogen (secondary N) is 2. The average molecular weight is 342 g/mol. The fourth-order valence-corrected chi connectivity index (χ4v) is 2.36. The average Bonchev–Trinajstić information content (AvgIpc) is 2.42. The Morgan fingerprint density at radius 3 is 2.75 bits per heavy atom. The molecule has 2 N–H and O–H groups in total. The van der Waals surface area contributed by atoms with Crippen LogP contribution in [0.2, 0.25) is 0 Å². The van der Waals surface area contributed by atoms with Crippen molar-refractivity contribution < 1.29 is 4.79 Å². The lowest BCUT2D eigenvalue weighted by molar-refractivity contribution is -0.119. The molecule has 0 saturated heterocycles. The SMILES string of the molecule is CCCNC(=O)CN(C)c1ccc(Br)cc1CNCC. The van der Waals surface area contributed by atoms with Gasteiger partial charge in [0.15, 0.2) is 0 Å². The van der Waals surface area contributed by atoms with E-state index in [-0.39, 0.29) is 5.91 Å². The molecular weight excluding hydrogens is 318 g/mol. The van der Waals surface area contributed by atoms with Crippen LogP contribution >= 0.6 is 15.9 Å². The number of hydrogen-bond acceptors (Lipinski definition) is 3. The first-order chi connectivity index (χ1) is 9.58. The van der Waals surface area contributed by atoms with Gasteiger partial charge in [0.25, 0.3) is 0 Å². The van der Waals surface area contributed by atoms with Gasteiger partial charge in [-0.25, -0.2) is 0 Å². The van der Waals surface area contributed by atoms with Gasteiger partial charge < -0.3 is 15.5 Å². The summed E-state index contributed by atoms with van der Waals surface area (Å²) in [5.74, 6) is 0.0617. The van der Waals surface area contributed by atoms with Crippen LogP contribution in [0.25, 0.3) is 0 Å². The van der Waals surface area contributed by atoms with Crippen LogP contribution in [0.5, 0.6) is 0 Å². The second kappa shape index (κ2) is 8.97. The van der Waals surface area contributed by atoms with Crippen molar-refractivity contribution in [3.8, 4) is 0 Å². The van der Waals surface area contributed by atoms with Crippen molar-refractivity contribution in [1.82, 2.24) is 10.6 Å². The van der Waals surface area contributed by atoms with Crippen molar-refractivity contribution >= 4 is 27.5 Å². The predicted molar refractivity (Wildman–Crippen MR) is 88.1 cm³/mol. The number of nitrogens with zero attached hydrogens (tertiary/aromatic N) is 1. The molecule has 0 aliphatic rings. The Balaban J connectivity index is 2.75. The van der Waals surface area contributed by atoms with Gasteiger partial charge in [0.1, 0.15) is 0 Å². The van der Waals surface area contributed by atoms with Gasteiger partial charge in [-0.1, -0.05) is 29.8 Å². The third kappa shape index (κ3) is 5.51. The minimum absolute atomic E-state index is 0.0617. The molecule has 0 radical (unpaired) electrons. The Labute approximate surface area is 130 Å². The van der Waals surface area contributed by atoms with Gasteiger partial charge in [-0.15, -0.1) is 0 Å². The van der Waals surface area contributed by atoms with Gasteiger partial charge in [0, 0.05) is 30.3 Å². The van der Waals surface area contributed by atoms with Crippen LogP contribution in [0.3, 0.4) is 0 Å². The lowest BCUT2D eigenvalue weighted by Gasteiger charge is -2.22. The molecule has 1 rings (SSSR count). The topological polar surface area (TPSA) is 44.4 Å². The zero-order valence-corrected chi connectivity index (χ0v) is 14.1. The van der Waals surface area contributed by atoms with E-state index in [0.717, 1.165) is 36.2 Å². The number of likely N-dealkylation sites (N-methyl/N-ethyl adjacent to an activating group) is 1. The summed E-state index contributed by atoms with van der Waals surface area (Å²) in [6, 6.07) is 6.15. The van der Waals surface area contributed by atoms with E-state index in [0.29, 0.717) is 6.54 Å². The maximum absolute atomic E-state index is 11.8. The van der Waals surface area contributed by atoms with Gasteiger partial charge in [0.2, 0.25) is 5.91 Å². The van der Waals surface area contributed by atoms with Crippen molar-refractivity contribution in [2.24, 2.45) is 0 Å². The van der Waals surface area contributed by atoms with Crippen LogP contribution in [0.1, 0.15) is 25.8 Å². The third-order valence-electron chi connectivity index (χ3n) is 2.97. The highest BCUT2D eigenvalue weighted by Crippen LogP contribution is 2.23. The second-order valence-electron chi connectivity index (χ2n) is 4.76. The minimum atomic E-state index is 0.0617. The van der Waals surface area contributed by atoms with Crippen molar-refractivity contribution in [2.75, 3.05) is 31.6 Å². The largest absolute Gasteiger partial charge is 0.365 e. The summed E-state index contributed by atoms with van der Waals surface area (Å²) in [5.41, 5.74) is 2.27. The normalized spacial score (nSPS) is 10.4. The summed E-state index contributed by atoms with van der Waals surface area (Å²) in [4.78, 5) is 13.8. The molecular formula is C15H24BrN3O. The van der Waals surface area contributed by atoms with E-state index in [2.05, 4.69) is 39.6 Å². The zero-order chi connectivity index (χ0) is 15.0. The van der Waals surface area contributed by atoms with Gasteiger partial charge >= 0.3 is 0 Å². The zero-order valence-electron chi connectivity index (χ0n) is 12.5. The molecule has 0 aromatic heterocycles. The molecule has 1 aromatic rings. The molecule has 0 bridgehead atoms. The lowest BCUT2D eigenvalue weighted by atomic mass is 10.1. The number of rotatable bonds is 8. The van der Waals surface area contributed by atoms with Crippen LogP contribution in [0.15, 0.2) is 22.7 Å². The van der Waals surface area contributed by atoms with E-state index >= 15 is 0 Å². The standard InChI is InChI=1S/C15H24BrN3O/c1-4-8-18-15(20)11-19(3)14-7-6-13(16)9-12(14)10-17-5-2/h6-7,9,17H,4-5,8,10-11H2,1-3H3,(H,18,20). The predicted octanol–water partition coefficient (Wildman–Crippen LogP) is 2.52. The van der Waals surface area contributed by atoms with Crippen LogP contribution in [0, 0.1) is 0 Å². The minimum Gasteiger partial charge on any atom is -0.365 e. The molecule has 0 fully saturated rings. The highest BCUT2D eigenvalue weighted by molar-refractivity contribution is 9.10. The second-order valence-corrected chi connectivity index (χ2v) is 5.68. The summed E-state index contributed by atoms with van der Waals surface area (Å²) in [5, 5.41) is 6.23. The first kappa shape index (κ1) is 17.0. The van der Waals surface area contributed by atoms with Crippen LogP contribution in [0.4, 0.5) is 5.69 Å². The number of anilines is 1. The van der Waals surface area contributed by atoms with Crippen LogP contribution in [-0.4, -0.2) is 32.6 Å². The summed E-state index contributed by atoms with van der Waals surface area (Å²) in [6.45, 7) is 6.96. The molecule has 5 heteroatoms. The van der Waals surface area contributed by atoms with Crippen molar-refractivity contribution in [1.29, 1.82) is 0 Å². The monoisotopic (exact) mass is 341 g/mol. The maximum atomic E-state index is 11.8. The molecule has 0 aliphatic heterocycles. The molecule has 112 valence electrons. The molecule has 4 nitrogen and oxygen atoms in total. The summed E-state index contributed by atoms with van der Waals surface area (Å²) in [7, 11) is 1.95. The first-order valence-corrected chi connectivity index (χ1v) is 7.84. The highest BCUT2D eigenvalue weighted by atomic mass is 79.9. The molecule has 0 atom stereocenters. The van der Waals surface area contributed by atoms with Gasteiger partial charge in [-0.2, -0.15) is 0 Å². The summed E-state index contributed by atoms with van der Waals surface area (Å²) >= 11 is 3.50. The van der Waals surface area contributed by atoms with E-state index in [1.165, 1.54) is 5.56 Å². The number of benzene rings is 1. The van der Waals surface area contributed by atoms with E-state index in [4.69, 9.17) is 0 Å². The number of amides is 1. The van der Waals surface area contributed by atoms with Gasteiger partial charge in [-0.3, -0.25) is 4.79 Å². The Morgan fingerprint density at radius 1 is 1.35 bits per heavy atom. The Hall–Kier alpha value is -1.07. The maximum Gasteiger partial charge on any atom is 0.239 e. The quantitative estimate of drug-likeness (QED) is 0.763. The molecule has 0 heterocycles. The van der Waals surface area contributed by atoms with E-state index in [1.807, 2.05) is 31.0 Å². The Kier molecular flexibility index (Phi) is 7.62. The number of carbonyl (C=O) groups is 1. The molecule has 0 saturated carbocycles. The van der Waals surface area contributed by atoms with Crippen molar-refractivity contribution in [2.45, 2.75) is 26.8 Å². The lowest BCUT2D eigenvalue weighted by Crippen LogP contribution is -2.36. The smallest absolute Gasteiger partial charge is 0.239 e. The summed E-state index contributed by atoms with van der Waals surface area (Å²) < 4.78 is 1.05. The Bertz CT molecular complexity index is 437. The molecule has 0 unspecified atom stereocenters.